The Labute approximate surface area is 93.4 Å². The van der Waals surface area contributed by atoms with Crippen molar-refractivity contribution in [1.29, 1.82) is 0 Å². The van der Waals surface area contributed by atoms with Crippen molar-refractivity contribution in [3.63, 3.8) is 0 Å². The molecule has 1 amide bonds. The minimum Gasteiger partial charge on any atom is -0.352 e. The molecule has 0 radical (unpaired) electrons. The van der Waals surface area contributed by atoms with Crippen LogP contribution in [0.4, 0.5) is 4.39 Å². The van der Waals surface area contributed by atoms with E-state index >= 15 is 0 Å². The van der Waals surface area contributed by atoms with E-state index < -0.39 is 5.82 Å². The van der Waals surface area contributed by atoms with Crippen LogP contribution < -0.4 is 5.32 Å². The average molecular weight is 230 g/mol. The van der Waals surface area contributed by atoms with Gasteiger partial charge in [-0.15, -0.1) is 11.6 Å². The Hall–Kier alpha value is -1.09. The maximum Gasteiger partial charge on any atom is 0.251 e. The molecule has 1 N–H and O–H groups in total. The van der Waals surface area contributed by atoms with Crippen molar-refractivity contribution in [2.45, 2.75) is 6.92 Å². The van der Waals surface area contributed by atoms with E-state index in [0.717, 1.165) is 0 Å². The SMILES string of the molecule is CC(CCl)CNC(=O)c1cccc(F)c1. The second-order valence-electron chi connectivity index (χ2n) is 3.48. The summed E-state index contributed by atoms with van der Waals surface area (Å²) in [6.07, 6.45) is 0. The molecule has 1 unspecified atom stereocenters. The second-order valence-corrected chi connectivity index (χ2v) is 3.79. The molecule has 0 aliphatic rings. The summed E-state index contributed by atoms with van der Waals surface area (Å²) in [5.41, 5.74) is 0.330. The summed E-state index contributed by atoms with van der Waals surface area (Å²) < 4.78 is 12.8. The molecule has 0 bridgehead atoms. The zero-order valence-corrected chi connectivity index (χ0v) is 9.22. The van der Waals surface area contributed by atoms with E-state index in [1.54, 1.807) is 6.07 Å². The fourth-order valence-electron chi connectivity index (χ4n) is 1.05. The number of benzene rings is 1. The van der Waals surface area contributed by atoms with Crippen molar-refractivity contribution in [1.82, 2.24) is 5.32 Å². The third kappa shape index (κ3) is 3.88. The lowest BCUT2D eigenvalue weighted by Gasteiger charge is -2.09. The molecule has 1 rings (SSSR count). The first kappa shape index (κ1) is 12.0. The molecule has 2 nitrogen and oxygen atoms in total. The first-order valence-electron chi connectivity index (χ1n) is 4.73. The molecule has 0 fully saturated rings. The lowest BCUT2D eigenvalue weighted by atomic mass is 10.2. The predicted molar refractivity (Wildman–Crippen MR) is 58.6 cm³/mol. The van der Waals surface area contributed by atoms with E-state index in [4.69, 9.17) is 11.6 Å². The first-order chi connectivity index (χ1) is 7.13. The third-order valence-corrected chi connectivity index (χ3v) is 2.49. The molecule has 0 saturated carbocycles. The van der Waals surface area contributed by atoms with E-state index in [9.17, 15) is 9.18 Å². The van der Waals surface area contributed by atoms with Gasteiger partial charge in [-0.05, 0) is 24.1 Å². The molecule has 1 aromatic rings. The Morgan fingerprint density at radius 1 is 1.60 bits per heavy atom. The summed E-state index contributed by atoms with van der Waals surface area (Å²) >= 11 is 5.60. The van der Waals surface area contributed by atoms with Crippen LogP contribution in [0.15, 0.2) is 24.3 Å². The zero-order chi connectivity index (χ0) is 11.3. The number of hydrogen-bond donors (Lipinski definition) is 1. The molecule has 4 heteroatoms. The van der Waals surface area contributed by atoms with Gasteiger partial charge in [-0.2, -0.15) is 0 Å². The van der Waals surface area contributed by atoms with E-state index in [1.165, 1.54) is 18.2 Å². The number of hydrogen-bond acceptors (Lipinski definition) is 1. The smallest absolute Gasteiger partial charge is 0.251 e. The summed E-state index contributed by atoms with van der Waals surface area (Å²) in [5, 5.41) is 2.69. The minimum atomic E-state index is -0.409. The van der Waals surface area contributed by atoms with Crippen LogP contribution in [0.2, 0.25) is 0 Å². The van der Waals surface area contributed by atoms with Gasteiger partial charge in [0.2, 0.25) is 0 Å². The van der Waals surface area contributed by atoms with Crippen molar-refractivity contribution in [3.8, 4) is 0 Å². The first-order valence-corrected chi connectivity index (χ1v) is 5.26. The Balaban J connectivity index is 2.54. The lowest BCUT2D eigenvalue weighted by Crippen LogP contribution is -2.28. The van der Waals surface area contributed by atoms with Crippen molar-refractivity contribution in [3.05, 3.63) is 35.6 Å². The molecule has 1 aromatic carbocycles. The summed E-state index contributed by atoms with van der Waals surface area (Å²) in [5.74, 6) is 0.0207. The van der Waals surface area contributed by atoms with Gasteiger partial charge in [-0.1, -0.05) is 13.0 Å². The third-order valence-electron chi connectivity index (χ3n) is 1.96. The number of carbonyl (C=O) groups excluding carboxylic acids is 1. The number of alkyl halides is 1. The largest absolute Gasteiger partial charge is 0.352 e. The monoisotopic (exact) mass is 229 g/mol. The van der Waals surface area contributed by atoms with Crippen LogP contribution in [0, 0.1) is 11.7 Å². The molecule has 0 spiro atoms. The fraction of sp³-hybridized carbons (Fsp3) is 0.364. The van der Waals surface area contributed by atoms with E-state index in [-0.39, 0.29) is 11.8 Å². The van der Waals surface area contributed by atoms with Crippen molar-refractivity contribution < 1.29 is 9.18 Å². The van der Waals surface area contributed by atoms with E-state index in [1.807, 2.05) is 6.92 Å². The standard InChI is InChI=1S/C11H13ClFNO/c1-8(6-12)7-14-11(15)9-3-2-4-10(13)5-9/h2-5,8H,6-7H2,1H3,(H,14,15). The van der Waals surface area contributed by atoms with Crippen LogP contribution in [0.3, 0.4) is 0 Å². The van der Waals surface area contributed by atoms with Crippen LogP contribution in [0.1, 0.15) is 17.3 Å². The van der Waals surface area contributed by atoms with Gasteiger partial charge in [0.25, 0.3) is 5.91 Å². The number of rotatable bonds is 4. The quantitative estimate of drug-likeness (QED) is 0.790. The number of nitrogens with one attached hydrogen (secondary N) is 1. The topological polar surface area (TPSA) is 29.1 Å². The van der Waals surface area contributed by atoms with Crippen molar-refractivity contribution >= 4 is 17.5 Å². The highest BCUT2D eigenvalue weighted by molar-refractivity contribution is 6.18. The van der Waals surface area contributed by atoms with Gasteiger partial charge in [-0.25, -0.2) is 4.39 Å². The van der Waals surface area contributed by atoms with Gasteiger partial charge < -0.3 is 5.32 Å². The molecule has 15 heavy (non-hydrogen) atoms. The van der Waals surface area contributed by atoms with Crippen LogP contribution in [-0.4, -0.2) is 18.3 Å². The molecule has 0 heterocycles. The number of halogens is 2. The van der Waals surface area contributed by atoms with Gasteiger partial charge in [0, 0.05) is 18.0 Å². The zero-order valence-electron chi connectivity index (χ0n) is 8.47. The normalized spacial score (nSPS) is 12.2. The summed E-state index contributed by atoms with van der Waals surface area (Å²) in [6.45, 7) is 2.43. The van der Waals surface area contributed by atoms with Crippen LogP contribution in [0.5, 0.6) is 0 Å². The molecule has 82 valence electrons. The lowest BCUT2D eigenvalue weighted by molar-refractivity contribution is 0.0949. The highest BCUT2D eigenvalue weighted by Gasteiger charge is 2.07. The van der Waals surface area contributed by atoms with Gasteiger partial charge in [-0.3, -0.25) is 4.79 Å². The van der Waals surface area contributed by atoms with Gasteiger partial charge in [0.05, 0.1) is 0 Å². The van der Waals surface area contributed by atoms with E-state index in [0.29, 0.717) is 18.0 Å². The molecular weight excluding hydrogens is 217 g/mol. The molecule has 0 aliphatic heterocycles. The van der Waals surface area contributed by atoms with Gasteiger partial charge in [0.15, 0.2) is 0 Å². The van der Waals surface area contributed by atoms with Crippen molar-refractivity contribution in [2.24, 2.45) is 5.92 Å². The maximum absolute atomic E-state index is 12.8. The summed E-state index contributed by atoms with van der Waals surface area (Å²) in [4.78, 5) is 11.5. The van der Waals surface area contributed by atoms with Crippen LogP contribution in [-0.2, 0) is 0 Å². The second kappa shape index (κ2) is 5.71. The maximum atomic E-state index is 12.8. The van der Waals surface area contributed by atoms with Crippen LogP contribution >= 0.6 is 11.6 Å². The molecule has 0 aromatic heterocycles. The molecule has 0 aliphatic carbocycles. The number of carbonyl (C=O) groups is 1. The Bertz CT molecular complexity index is 343. The Kier molecular flexibility index (Phi) is 4.56. The number of amides is 1. The Morgan fingerprint density at radius 3 is 2.93 bits per heavy atom. The van der Waals surface area contributed by atoms with E-state index in [2.05, 4.69) is 5.32 Å². The average Bonchev–Trinajstić information content (AvgIpc) is 2.25. The highest BCUT2D eigenvalue weighted by Crippen LogP contribution is 2.03. The highest BCUT2D eigenvalue weighted by atomic mass is 35.5. The van der Waals surface area contributed by atoms with Crippen LogP contribution in [0.25, 0.3) is 0 Å². The van der Waals surface area contributed by atoms with Gasteiger partial charge >= 0.3 is 0 Å². The summed E-state index contributed by atoms with van der Waals surface area (Å²) in [7, 11) is 0. The fourth-order valence-corrected chi connectivity index (χ4v) is 1.16. The minimum absolute atomic E-state index is 0.212. The van der Waals surface area contributed by atoms with Crippen molar-refractivity contribution in [2.75, 3.05) is 12.4 Å². The summed E-state index contributed by atoms with van der Waals surface area (Å²) in [6, 6.07) is 5.60. The molecule has 1 atom stereocenters. The predicted octanol–water partition coefficient (Wildman–Crippen LogP) is 2.43. The molecule has 0 saturated heterocycles. The Morgan fingerprint density at radius 2 is 2.33 bits per heavy atom. The molecular formula is C11H13ClFNO. The van der Waals surface area contributed by atoms with Gasteiger partial charge in [0.1, 0.15) is 5.82 Å².